The third-order valence-electron chi connectivity index (χ3n) is 0.904. The van der Waals surface area contributed by atoms with Crippen molar-refractivity contribution in [1.82, 2.24) is 0 Å². The lowest BCUT2D eigenvalue weighted by molar-refractivity contribution is -0.257. The van der Waals surface area contributed by atoms with Crippen molar-refractivity contribution in [3.63, 3.8) is 0 Å². The van der Waals surface area contributed by atoms with E-state index in [4.69, 9.17) is 0 Å². The standard InChI is InChI=1S/C6H8F4O3/c1-2-12-5(11)6(9,10)13-3-4(7)8/h4H,2-3H2,1H3. The molecule has 13 heavy (non-hydrogen) atoms. The normalized spacial score (nSPS) is 11.8. The number of alkyl halides is 4. The number of esters is 1. The van der Waals surface area contributed by atoms with Gasteiger partial charge in [-0.15, -0.1) is 0 Å². The number of hydrogen-bond donors (Lipinski definition) is 0. The summed E-state index contributed by atoms with van der Waals surface area (Å²) in [6.07, 6.45) is -7.35. The highest BCUT2D eigenvalue weighted by molar-refractivity contribution is 5.75. The molecule has 0 aromatic carbocycles. The molecule has 0 amide bonds. The lowest BCUT2D eigenvalue weighted by Gasteiger charge is -2.14. The van der Waals surface area contributed by atoms with Crippen LogP contribution >= 0.6 is 0 Å². The highest BCUT2D eigenvalue weighted by Crippen LogP contribution is 2.18. The van der Waals surface area contributed by atoms with Gasteiger partial charge in [-0.2, -0.15) is 8.78 Å². The molecule has 0 aliphatic heterocycles. The minimum Gasteiger partial charge on any atom is -0.460 e. The van der Waals surface area contributed by atoms with Crippen LogP contribution in [0.2, 0.25) is 0 Å². The summed E-state index contributed by atoms with van der Waals surface area (Å²) in [7, 11) is 0. The second kappa shape index (κ2) is 5.00. The van der Waals surface area contributed by atoms with E-state index >= 15 is 0 Å². The van der Waals surface area contributed by atoms with E-state index in [0.29, 0.717) is 0 Å². The minimum absolute atomic E-state index is 0.271. The van der Waals surface area contributed by atoms with E-state index in [-0.39, 0.29) is 6.61 Å². The first-order chi connectivity index (χ1) is 5.90. The van der Waals surface area contributed by atoms with Gasteiger partial charge in [-0.1, -0.05) is 0 Å². The van der Waals surface area contributed by atoms with Crippen molar-refractivity contribution in [1.29, 1.82) is 0 Å². The maximum Gasteiger partial charge on any atom is 0.456 e. The molecule has 0 fully saturated rings. The molecule has 0 saturated carbocycles. The molecule has 78 valence electrons. The fraction of sp³-hybridized carbons (Fsp3) is 0.833. The van der Waals surface area contributed by atoms with E-state index in [2.05, 4.69) is 9.47 Å². The number of rotatable bonds is 5. The van der Waals surface area contributed by atoms with Gasteiger partial charge in [0.05, 0.1) is 6.61 Å². The molecule has 0 aliphatic carbocycles. The van der Waals surface area contributed by atoms with Gasteiger partial charge in [0.1, 0.15) is 6.61 Å². The molecule has 0 rings (SSSR count). The van der Waals surface area contributed by atoms with Crippen LogP contribution in [0.5, 0.6) is 0 Å². The van der Waals surface area contributed by atoms with Crippen LogP contribution in [-0.2, 0) is 14.3 Å². The highest BCUT2D eigenvalue weighted by Gasteiger charge is 2.43. The van der Waals surface area contributed by atoms with Gasteiger partial charge >= 0.3 is 12.1 Å². The SMILES string of the molecule is CCOC(=O)C(F)(F)OCC(F)F. The molecule has 0 bridgehead atoms. The van der Waals surface area contributed by atoms with Crippen LogP contribution in [0.3, 0.4) is 0 Å². The molecule has 0 saturated heterocycles. The van der Waals surface area contributed by atoms with Crippen molar-refractivity contribution in [3.8, 4) is 0 Å². The van der Waals surface area contributed by atoms with Crippen LogP contribution in [0.1, 0.15) is 6.92 Å². The Labute approximate surface area is 71.6 Å². The highest BCUT2D eigenvalue weighted by atomic mass is 19.3. The molecular formula is C6H8F4O3. The molecule has 0 atom stereocenters. The maximum atomic E-state index is 12.3. The van der Waals surface area contributed by atoms with Crippen LogP contribution in [0, 0.1) is 0 Å². The van der Waals surface area contributed by atoms with Gasteiger partial charge in [0.25, 0.3) is 6.43 Å². The summed E-state index contributed by atoms with van der Waals surface area (Å²) in [5.74, 6) is -1.96. The lowest BCUT2D eigenvalue weighted by Crippen LogP contribution is -2.35. The van der Waals surface area contributed by atoms with Crippen molar-refractivity contribution in [2.45, 2.75) is 19.5 Å². The molecule has 0 radical (unpaired) electrons. The summed E-state index contributed by atoms with van der Waals surface area (Å²) in [5.41, 5.74) is 0. The second-order valence-corrected chi connectivity index (χ2v) is 1.94. The molecule has 7 heteroatoms. The van der Waals surface area contributed by atoms with E-state index in [1.165, 1.54) is 6.92 Å². The number of halogens is 4. The van der Waals surface area contributed by atoms with Crippen molar-refractivity contribution >= 4 is 5.97 Å². The monoisotopic (exact) mass is 204 g/mol. The average Bonchev–Trinajstić information content (AvgIpc) is 2.01. The van der Waals surface area contributed by atoms with Crippen LogP contribution in [0.4, 0.5) is 17.6 Å². The smallest absolute Gasteiger partial charge is 0.456 e. The molecule has 0 aromatic heterocycles. The number of carbonyl (C=O) groups is 1. The zero-order valence-electron chi connectivity index (χ0n) is 6.73. The van der Waals surface area contributed by atoms with Crippen LogP contribution in [0.25, 0.3) is 0 Å². The van der Waals surface area contributed by atoms with Crippen molar-refractivity contribution in [2.24, 2.45) is 0 Å². The Morgan fingerprint density at radius 2 is 2.00 bits per heavy atom. The molecular weight excluding hydrogens is 196 g/mol. The molecule has 0 unspecified atom stereocenters. The first-order valence-electron chi connectivity index (χ1n) is 3.37. The summed E-state index contributed by atoms with van der Waals surface area (Å²) in [5, 5.41) is 0. The Balaban J connectivity index is 3.98. The molecule has 3 nitrogen and oxygen atoms in total. The largest absolute Gasteiger partial charge is 0.460 e. The molecule has 0 aliphatic rings. The van der Waals surface area contributed by atoms with Gasteiger partial charge in [0, 0.05) is 0 Å². The lowest BCUT2D eigenvalue weighted by atomic mass is 10.6. The van der Waals surface area contributed by atoms with E-state index in [0.717, 1.165) is 0 Å². The third kappa shape index (κ3) is 4.66. The average molecular weight is 204 g/mol. The Morgan fingerprint density at radius 3 is 2.38 bits per heavy atom. The predicted molar refractivity (Wildman–Crippen MR) is 33.5 cm³/mol. The van der Waals surface area contributed by atoms with Gasteiger partial charge < -0.3 is 9.47 Å². The van der Waals surface area contributed by atoms with Gasteiger partial charge in [-0.25, -0.2) is 13.6 Å². The first kappa shape index (κ1) is 12.2. The van der Waals surface area contributed by atoms with E-state index < -0.39 is 25.1 Å². The molecule has 0 heterocycles. The minimum atomic E-state index is -4.30. The Kier molecular flexibility index (Phi) is 4.68. The third-order valence-corrected chi connectivity index (χ3v) is 0.904. The van der Waals surface area contributed by atoms with Gasteiger partial charge in [0.2, 0.25) is 0 Å². The first-order valence-corrected chi connectivity index (χ1v) is 3.37. The summed E-state index contributed by atoms with van der Waals surface area (Å²) < 4.78 is 54.7. The number of hydrogen-bond acceptors (Lipinski definition) is 3. The van der Waals surface area contributed by atoms with Crippen LogP contribution in [-0.4, -0.2) is 31.7 Å². The summed E-state index contributed by atoms with van der Waals surface area (Å²) in [6, 6.07) is 0. The Bertz CT molecular complexity index is 171. The van der Waals surface area contributed by atoms with Crippen molar-refractivity contribution < 1.29 is 31.8 Å². The number of ether oxygens (including phenoxy) is 2. The molecule has 0 N–H and O–H groups in total. The fourth-order valence-corrected chi connectivity index (χ4v) is 0.442. The van der Waals surface area contributed by atoms with Gasteiger partial charge in [-0.3, -0.25) is 0 Å². The van der Waals surface area contributed by atoms with Crippen LogP contribution in [0.15, 0.2) is 0 Å². The van der Waals surface area contributed by atoms with Crippen molar-refractivity contribution in [2.75, 3.05) is 13.2 Å². The summed E-state index contributed by atoms with van der Waals surface area (Å²) >= 11 is 0. The molecule has 0 aromatic rings. The second-order valence-electron chi connectivity index (χ2n) is 1.94. The zero-order valence-corrected chi connectivity index (χ0v) is 6.73. The Hall–Kier alpha value is -0.850. The van der Waals surface area contributed by atoms with Crippen molar-refractivity contribution in [3.05, 3.63) is 0 Å². The predicted octanol–water partition coefficient (Wildman–Crippen LogP) is 1.42. The summed E-state index contributed by atoms with van der Waals surface area (Å²) in [6.45, 7) is -0.473. The summed E-state index contributed by atoms with van der Waals surface area (Å²) in [4.78, 5) is 10.3. The zero-order chi connectivity index (χ0) is 10.5. The molecule has 0 spiro atoms. The van der Waals surface area contributed by atoms with Gasteiger partial charge in [0.15, 0.2) is 0 Å². The maximum absolute atomic E-state index is 12.3. The topological polar surface area (TPSA) is 35.5 Å². The van der Waals surface area contributed by atoms with Crippen LogP contribution < -0.4 is 0 Å². The van der Waals surface area contributed by atoms with E-state index in [9.17, 15) is 22.4 Å². The fourth-order valence-electron chi connectivity index (χ4n) is 0.442. The number of carbonyl (C=O) groups excluding carboxylic acids is 1. The quantitative estimate of drug-likeness (QED) is 0.502. The van der Waals surface area contributed by atoms with E-state index in [1.807, 2.05) is 0 Å². The van der Waals surface area contributed by atoms with E-state index in [1.54, 1.807) is 0 Å². The Morgan fingerprint density at radius 1 is 1.46 bits per heavy atom. The van der Waals surface area contributed by atoms with Gasteiger partial charge in [-0.05, 0) is 6.92 Å².